The van der Waals surface area contributed by atoms with Gasteiger partial charge in [-0.05, 0) is 36.4 Å². The number of hydrogen-bond donors (Lipinski definition) is 1. The molecule has 0 saturated carbocycles. The van der Waals surface area contributed by atoms with Crippen LogP contribution in [0.25, 0.3) is 0 Å². The quantitative estimate of drug-likeness (QED) is 0.607. The summed E-state index contributed by atoms with van der Waals surface area (Å²) in [5, 5.41) is 5.15. The summed E-state index contributed by atoms with van der Waals surface area (Å²) in [6.45, 7) is 0. The molecule has 0 aliphatic rings. The van der Waals surface area contributed by atoms with Gasteiger partial charge in [0.25, 0.3) is 0 Å². The van der Waals surface area contributed by atoms with Crippen molar-refractivity contribution in [2.45, 2.75) is 0 Å². The normalized spacial score (nSPS) is 11.4. The van der Waals surface area contributed by atoms with Crippen LogP contribution < -0.4 is 5.43 Å². The van der Waals surface area contributed by atoms with Crippen LogP contribution in [0.1, 0.15) is 5.56 Å². The summed E-state index contributed by atoms with van der Waals surface area (Å²) in [5.41, 5.74) is 4.56. The molecule has 5 heteroatoms. The fourth-order valence-electron chi connectivity index (χ4n) is 1.29. The zero-order chi connectivity index (χ0) is 13.0. The Labute approximate surface area is 124 Å². The summed E-state index contributed by atoms with van der Waals surface area (Å²) >= 11 is 15.2. The number of hydrazone groups is 1. The summed E-state index contributed by atoms with van der Waals surface area (Å²) in [7, 11) is 0. The molecule has 0 amide bonds. The number of hydrogen-bond acceptors (Lipinski definition) is 2. The van der Waals surface area contributed by atoms with E-state index in [1.165, 1.54) is 0 Å². The number of rotatable bonds is 3. The standard InChI is InChI=1S/C13H9BrCl2N2/c14-10-3-7-12(8-4-10)17-18-13(16)9-1-5-11(15)6-2-9/h1-8,17H. The van der Waals surface area contributed by atoms with Gasteiger partial charge >= 0.3 is 0 Å². The van der Waals surface area contributed by atoms with Crippen LogP contribution in [0.15, 0.2) is 58.1 Å². The van der Waals surface area contributed by atoms with E-state index >= 15 is 0 Å². The summed E-state index contributed by atoms with van der Waals surface area (Å²) in [6, 6.07) is 14.8. The first kappa shape index (κ1) is 13.4. The number of nitrogens with one attached hydrogen (secondary N) is 1. The lowest BCUT2D eigenvalue weighted by atomic mass is 10.2. The number of nitrogens with zero attached hydrogens (tertiary/aromatic N) is 1. The Morgan fingerprint density at radius 2 is 1.61 bits per heavy atom. The molecule has 2 aromatic rings. The average molecular weight is 344 g/mol. The van der Waals surface area contributed by atoms with Crippen LogP contribution in [0.2, 0.25) is 5.02 Å². The van der Waals surface area contributed by atoms with E-state index in [9.17, 15) is 0 Å². The molecule has 18 heavy (non-hydrogen) atoms. The van der Waals surface area contributed by atoms with Crippen molar-refractivity contribution >= 4 is 50.0 Å². The van der Waals surface area contributed by atoms with Crippen LogP contribution in [0.4, 0.5) is 5.69 Å². The van der Waals surface area contributed by atoms with Gasteiger partial charge in [0.15, 0.2) is 5.17 Å². The summed E-state index contributed by atoms with van der Waals surface area (Å²) in [6.07, 6.45) is 0. The van der Waals surface area contributed by atoms with Crippen LogP contribution in [-0.4, -0.2) is 5.17 Å². The first-order valence-corrected chi connectivity index (χ1v) is 6.71. The van der Waals surface area contributed by atoms with Gasteiger partial charge in [-0.3, -0.25) is 5.43 Å². The van der Waals surface area contributed by atoms with Crippen LogP contribution in [0.3, 0.4) is 0 Å². The van der Waals surface area contributed by atoms with Crippen LogP contribution in [0.5, 0.6) is 0 Å². The van der Waals surface area contributed by atoms with Gasteiger partial charge in [-0.1, -0.05) is 51.3 Å². The van der Waals surface area contributed by atoms with Gasteiger partial charge in [0, 0.05) is 15.1 Å². The zero-order valence-corrected chi connectivity index (χ0v) is 12.3. The summed E-state index contributed by atoms with van der Waals surface area (Å²) in [5.74, 6) is 0. The molecule has 1 N–H and O–H groups in total. The smallest absolute Gasteiger partial charge is 0.156 e. The number of anilines is 1. The first-order valence-electron chi connectivity index (χ1n) is 5.16. The molecule has 2 rings (SSSR count). The highest BCUT2D eigenvalue weighted by molar-refractivity contribution is 9.10. The fraction of sp³-hybridized carbons (Fsp3) is 0. The van der Waals surface area contributed by atoms with Crippen molar-refractivity contribution in [1.82, 2.24) is 0 Å². The largest absolute Gasteiger partial charge is 0.277 e. The molecule has 0 aromatic heterocycles. The molecule has 0 unspecified atom stereocenters. The Hall–Kier alpha value is -1.03. The second-order valence-electron chi connectivity index (χ2n) is 3.53. The van der Waals surface area contributed by atoms with Gasteiger partial charge in [0.05, 0.1) is 5.69 Å². The van der Waals surface area contributed by atoms with Crippen LogP contribution >= 0.6 is 39.1 Å². The SMILES string of the molecule is ClC(=NNc1ccc(Br)cc1)c1ccc(Cl)cc1. The Bertz CT molecular complexity index is 550. The predicted molar refractivity (Wildman–Crippen MR) is 81.6 cm³/mol. The third-order valence-corrected chi connectivity index (χ3v) is 3.29. The lowest BCUT2D eigenvalue weighted by molar-refractivity contribution is 1.34. The van der Waals surface area contributed by atoms with E-state index in [0.717, 1.165) is 15.7 Å². The lowest BCUT2D eigenvalue weighted by Crippen LogP contribution is -1.96. The Balaban J connectivity index is 2.09. The second kappa shape index (κ2) is 6.23. The third kappa shape index (κ3) is 3.73. The Kier molecular flexibility index (Phi) is 4.64. The van der Waals surface area contributed by atoms with Gasteiger partial charge in [0.1, 0.15) is 0 Å². The van der Waals surface area contributed by atoms with Crippen molar-refractivity contribution in [1.29, 1.82) is 0 Å². The molecule has 0 atom stereocenters. The van der Waals surface area contributed by atoms with E-state index in [0.29, 0.717) is 10.2 Å². The maximum absolute atomic E-state index is 6.07. The van der Waals surface area contributed by atoms with Crippen molar-refractivity contribution in [3.63, 3.8) is 0 Å². The summed E-state index contributed by atoms with van der Waals surface area (Å²) in [4.78, 5) is 0. The van der Waals surface area contributed by atoms with Crippen molar-refractivity contribution in [3.8, 4) is 0 Å². The second-order valence-corrected chi connectivity index (χ2v) is 5.24. The van der Waals surface area contributed by atoms with Crippen molar-refractivity contribution in [2.75, 3.05) is 5.43 Å². The molecule has 0 spiro atoms. The van der Waals surface area contributed by atoms with Gasteiger partial charge in [-0.25, -0.2) is 0 Å². The summed E-state index contributed by atoms with van der Waals surface area (Å²) < 4.78 is 1.01. The van der Waals surface area contributed by atoms with Gasteiger partial charge in [0.2, 0.25) is 0 Å². The lowest BCUT2D eigenvalue weighted by Gasteiger charge is -2.02. The van der Waals surface area contributed by atoms with E-state index in [1.807, 2.05) is 36.4 Å². The van der Waals surface area contributed by atoms with Gasteiger partial charge in [-0.2, -0.15) is 5.10 Å². The highest BCUT2D eigenvalue weighted by atomic mass is 79.9. The molecule has 0 bridgehead atoms. The molecular formula is C13H9BrCl2N2. The first-order chi connectivity index (χ1) is 8.65. The maximum Gasteiger partial charge on any atom is 0.156 e. The van der Waals surface area contributed by atoms with Gasteiger partial charge in [-0.15, -0.1) is 0 Å². The highest BCUT2D eigenvalue weighted by Gasteiger charge is 1.99. The minimum absolute atomic E-state index is 0.384. The molecule has 0 aliphatic carbocycles. The van der Waals surface area contributed by atoms with Gasteiger partial charge < -0.3 is 0 Å². The number of benzene rings is 2. The Morgan fingerprint density at radius 3 is 2.22 bits per heavy atom. The molecule has 2 nitrogen and oxygen atoms in total. The highest BCUT2D eigenvalue weighted by Crippen LogP contribution is 2.15. The monoisotopic (exact) mass is 342 g/mol. The maximum atomic E-state index is 6.07. The molecule has 0 fully saturated rings. The minimum atomic E-state index is 0.384. The average Bonchev–Trinajstić information content (AvgIpc) is 2.38. The minimum Gasteiger partial charge on any atom is -0.277 e. The third-order valence-electron chi connectivity index (χ3n) is 2.21. The molecular weight excluding hydrogens is 335 g/mol. The van der Waals surface area contributed by atoms with Crippen molar-refractivity contribution in [2.24, 2.45) is 5.10 Å². The van der Waals surface area contributed by atoms with E-state index in [4.69, 9.17) is 23.2 Å². The zero-order valence-electron chi connectivity index (χ0n) is 9.20. The molecule has 2 aromatic carbocycles. The molecule has 0 aliphatic heterocycles. The molecule has 0 saturated heterocycles. The van der Waals surface area contributed by atoms with E-state index in [2.05, 4.69) is 26.5 Å². The van der Waals surface area contributed by atoms with Crippen LogP contribution in [-0.2, 0) is 0 Å². The topological polar surface area (TPSA) is 24.4 Å². The molecule has 0 radical (unpaired) electrons. The molecule has 92 valence electrons. The van der Waals surface area contributed by atoms with E-state index in [-0.39, 0.29) is 0 Å². The number of halogens is 3. The van der Waals surface area contributed by atoms with E-state index < -0.39 is 0 Å². The van der Waals surface area contributed by atoms with Crippen molar-refractivity contribution < 1.29 is 0 Å². The fourth-order valence-corrected chi connectivity index (χ4v) is 1.85. The predicted octanol–water partition coefficient (Wildman–Crippen LogP) is 5.12. The molecule has 0 heterocycles. The van der Waals surface area contributed by atoms with E-state index in [1.54, 1.807) is 12.1 Å². The van der Waals surface area contributed by atoms with Crippen LogP contribution in [0, 0.1) is 0 Å². The van der Waals surface area contributed by atoms with Crippen molar-refractivity contribution in [3.05, 3.63) is 63.6 Å². The Morgan fingerprint density at radius 1 is 1.00 bits per heavy atom.